The van der Waals surface area contributed by atoms with E-state index in [0.717, 1.165) is 19.5 Å². The number of amides is 1. The van der Waals surface area contributed by atoms with Crippen LogP contribution in [0.4, 0.5) is 0 Å². The Bertz CT molecular complexity index is 248. The Morgan fingerprint density at radius 2 is 2.18 bits per heavy atom. The molecule has 2 unspecified atom stereocenters. The summed E-state index contributed by atoms with van der Waals surface area (Å²) >= 11 is 0. The van der Waals surface area contributed by atoms with E-state index < -0.39 is 0 Å². The minimum atomic E-state index is -0.230. The summed E-state index contributed by atoms with van der Waals surface area (Å²) in [5.41, 5.74) is -0.230. The molecule has 4 nitrogen and oxygen atoms in total. The van der Waals surface area contributed by atoms with Crippen LogP contribution in [0.2, 0.25) is 0 Å². The van der Waals surface area contributed by atoms with Gasteiger partial charge in [0.15, 0.2) is 0 Å². The van der Waals surface area contributed by atoms with Crippen LogP contribution < -0.4 is 10.6 Å². The summed E-state index contributed by atoms with van der Waals surface area (Å²) in [7, 11) is 0. The predicted molar refractivity (Wildman–Crippen MR) is 68.9 cm³/mol. The summed E-state index contributed by atoms with van der Waals surface area (Å²) in [6, 6.07) is 0. The van der Waals surface area contributed by atoms with Gasteiger partial charge >= 0.3 is 0 Å². The molecule has 1 aliphatic rings. The molecule has 0 bridgehead atoms. The summed E-state index contributed by atoms with van der Waals surface area (Å²) in [5, 5.41) is 6.32. The van der Waals surface area contributed by atoms with Gasteiger partial charge in [0.2, 0.25) is 5.91 Å². The van der Waals surface area contributed by atoms with Crippen LogP contribution in [-0.4, -0.2) is 38.3 Å². The van der Waals surface area contributed by atoms with Crippen molar-refractivity contribution in [3.8, 4) is 0 Å². The third-order valence-corrected chi connectivity index (χ3v) is 3.75. The van der Waals surface area contributed by atoms with E-state index in [4.69, 9.17) is 4.74 Å². The highest BCUT2D eigenvalue weighted by Crippen LogP contribution is 2.34. The van der Waals surface area contributed by atoms with Gasteiger partial charge in [-0.05, 0) is 32.7 Å². The van der Waals surface area contributed by atoms with Gasteiger partial charge in [0.25, 0.3) is 0 Å². The van der Waals surface area contributed by atoms with Gasteiger partial charge in [0.05, 0.1) is 11.5 Å². The van der Waals surface area contributed by atoms with Crippen LogP contribution in [0.1, 0.15) is 34.1 Å². The van der Waals surface area contributed by atoms with Gasteiger partial charge in [-0.25, -0.2) is 0 Å². The van der Waals surface area contributed by atoms with E-state index in [-0.39, 0.29) is 17.4 Å². The van der Waals surface area contributed by atoms with E-state index in [1.165, 1.54) is 0 Å². The van der Waals surface area contributed by atoms with Crippen molar-refractivity contribution in [2.24, 2.45) is 11.3 Å². The van der Waals surface area contributed by atoms with Crippen molar-refractivity contribution >= 4 is 5.91 Å². The molecule has 0 spiro atoms. The normalized spacial score (nSPS) is 26.2. The quantitative estimate of drug-likeness (QED) is 0.735. The lowest BCUT2D eigenvalue weighted by Gasteiger charge is -2.31. The first-order chi connectivity index (χ1) is 8.03. The molecule has 0 saturated carbocycles. The van der Waals surface area contributed by atoms with E-state index in [9.17, 15) is 4.79 Å². The Labute approximate surface area is 104 Å². The lowest BCUT2D eigenvalue weighted by Crippen LogP contribution is -2.47. The second-order valence-electron chi connectivity index (χ2n) is 5.21. The van der Waals surface area contributed by atoms with Gasteiger partial charge in [-0.3, -0.25) is 4.79 Å². The molecular formula is C13H26N2O2. The maximum atomic E-state index is 12.3. The lowest BCUT2D eigenvalue weighted by molar-refractivity contribution is -0.133. The highest BCUT2D eigenvalue weighted by atomic mass is 16.5. The summed E-state index contributed by atoms with van der Waals surface area (Å²) in [4.78, 5) is 12.3. The Balaban J connectivity index is 2.49. The predicted octanol–water partition coefficient (Wildman–Crippen LogP) is 1.16. The molecule has 1 saturated heterocycles. The van der Waals surface area contributed by atoms with E-state index in [0.29, 0.717) is 19.1 Å². The third kappa shape index (κ3) is 3.42. The number of rotatable bonds is 6. The molecule has 2 atom stereocenters. The van der Waals surface area contributed by atoms with Crippen LogP contribution in [0, 0.1) is 11.3 Å². The van der Waals surface area contributed by atoms with Crippen LogP contribution in [-0.2, 0) is 9.53 Å². The number of carbonyl (C=O) groups excluding carboxylic acids is 1. The largest absolute Gasteiger partial charge is 0.377 e. The van der Waals surface area contributed by atoms with Crippen molar-refractivity contribution in [3.63, 3.8) is 0 Å². The molecule has 17 heavy (non-hydrogen) atoms. The molecule has 0 aromatic carbocycles. The van der Waals surface area contributed by atoms with Crippen molar-refractivity contribution in [2.45, 2.75) is 40.2 Å². The minimum absolute atomic E-state index is 0.0857. The monoisotopic (exact) mass is 242 g/mol. The molecule has 1 heterocycles. The van der Waals surface area contributed by atoms with Gasteiger partial charge in [-0.2, -0.15) is 0 Å². The molecule has 0 aliphatic carbocycles. The third-order valence-electron chi connectivity index (χ3n) is 3.75. The molecule has 0 radical (unpaired) electrons. The Kier molecular flexibility index (Phi) is 5.40. The number of carbonyl (C=O) groups is 1. The molecule has 1 aliphatic heterocycles. The summed E-state index contributed by atoms with van der Waals surface area (Å²) in [6.45, 7) is 11.2. The molecular weight excluding hydrogens is 216 g/mol. The number of hydrogen-bond acceptors (Lipinski definition) is 3. The van der Waals surface area contributed by atoms with Crippen molar-refractivity contribution in [1.29, 1.82) is 0 Å². The molecule has 4 heteroatoms. The number of hydrogen-bond donors (Lipinski definition) is 2. The van der Waals surface area contributed by atoms with Crippen LogP contribution in [0.5, 0.6) is 0 Å². The maximum Gasteiger partial charge on any atom is 0.227 e. The van der Waals surface area contributed by atoms with Crippen molar-refractivity contribution in [3.05, 3.63) is 0 Å². The van der Waals surface area contributed by atoms with Gasteiger partial charge in [-0.1, -0.05) is 13.8 Å². The summed E-state index contributed by atoms with van der Waals surface area (Å²) in [6.07, 6.45) is 1.02. The van der Waals surface area contributed by atoms with Crippen LogP contribution in [0.3, 0.4) is 0 Å². The van der Waals surface area contributed by atoms with Crippen molar-refractivity contribution < 1.29 is 9.53 Å². The van der Waals surface area contributed by atoms with E-state index in [2.05, 4.69) is 24.5 Å². The van der Waals surface area contributed by atoms with Gasteiger partial charge < -0.3 is 15.4 Å². The van der Waals surface area contributed by atoms with E-state index in [1.54, 1.807) is 0 Å². The summed E-state index contributed by atoms with van der Waals surface area (Å²) in [5.74, 6) is 0.531. The standard InChI is InChI=1S/C13H26N2O2/c1-5-17-11(4)8-15-12(16)13(10(2)3)6-7-14-9-13/h10-11,14H,5-9H2,1-4H3,(H,15,16). The van der Waals surface area contributed by atoms with Crippen molar-refractivity contribution in [1.82, 2.24) is 10.6 Å². The molecule has 0 aromatic rings. The fraction of sp³-hybridized carbons (Fsp3) is 0.923. The minimum Gasteiger partial charge on any atom is -0.377 e. The SMILES string of the molecule is CCOC(C)CNC(=O)C1(C(C)C)CCNC1. The average molecular weight is 242 g/mol. The molecule has 1 amide bonds. The zero-order valence-corrected chi connectivity index (χ0v) is 11.5. The van der Waals surface area contributed by atoms with E-state index in [1.807, 2.05) is 13.8 Å². The summed E-state index contributed by atoms with van der Waals surface area (Å²) < 4.78 is 5.42. The fourth-order valence-corrected chi connectivity index (χ4v) is 2.42. The van der Waals surface area contributed by atoms with E-state index >= 15 is 0 Å². The van der Waals surface area contributed by atoms with Crippen LogP contribution in [0.25, 0.3) is 0 Å². The Hall–Kier alpha value is -0.610. The first-order valence-electron chi connectivity index (χ1n) is 6.63. The smallest absolute Gasteiger partial charge is 0.227 e. The van der Waals surface area contributed by atoms with Crippen LogP contribution >= 0.6 is 0 Å². The number of nitrogens with one attached hydrogen (secondary N) is 2. The zero-order valence-electron chi connectivity index (χ0n) is 11.5. The second-order valence-corrected chi connectivity index (χ2v) is 5.21. The van der Waals surface area contributed by atoms with Crippen LogP contribution in [0.15, 0.2) is 0 Å². The van der Waals surface area contributed by atoms with Gasteiger partial charge in [0.1, 0.15) is 0 Å². The average Bonchev–Trinajstić information content (AvgIpc) is 2.76. The topological polar surface area (TPSA) is 50.4 Å². The molecule has 1 rings (SSSR count). The highest BCUT2D eigenvalue weighted by Gasteiger charge is 2.43. The zero-order chi connectivity index (χ0) is 12.9. The lowest BCUT2D eigenvalue weighted by atomic mass is 9.75. The first kappa shape index (κ1) is 14.5. The first-order valence-corrected chi connectivity index (χ1v) is 6.63. The highest BCUT2D eigenvalue weighted by molar-refractivity contribution is 5.83. The molecule has 0 aromatic heterocycles. The van der Waals surface area contributed by atoms with Gasteiger partial charge in [-0.15, -0.1) is 0 Å². The second kappa shape index (κ2) is 6.36. The fourth-order valence-electron chi connectivity index (χ4n) is 2.42. The molecule has 100 valence electrons. The van der Waals surface area contributed by atoms with Gasteiger partial charge in [0, 0.05) is 19.7 Å². The number of ether oxygens (including phenoxy) is 1. The Morgan fingerprint density at radius 1 is 1.47 bits per heavy atom. The Morgan fingerprint density at radius 3 is 2.65 bits per heavy atom. The molecule has 2 N–H and O–H groups in total. The van der Waals surface area contributed by atoms with Crippen molar-refractivity contribution in [2.75, 3.05) is 26.2 Å². The molecule has 1 fully saturated rings. The maximum absolute atomic E-state index is 12.3.